The lowest BCUT2D eigenvalue weighted by Crippen LogP contribution is -2.40. The molecule has 1 unspecified atom stereocenters. The second kappa shape index (κ2) is 7.75. The van der Waals surface area contributed by atoms with Crippen LogP contribution in [0.5, 0.6) is 0 Å². The molecule has 4 rings (SSSR count). The van der Waals surface area contributed by atoms with Gasteiger partial charge in [0.15, 0.2) is 0 Å². The van der Waals surface area contributed by atoms with E-state index in [4.69, 9.17) is 4.74 Å². The van der Waals surface area contributed by atoms with Crippen molar-refractivity contribution in [2.45, 2.75) is 19.4 Å². The average Bonchev–Trinajstić information content (AvgIpc) is 3.43. The van der Waals surface area contributed by atoms with E-state index in [2.05, 4.69) is 4.98 Å². The highest BCUT2D eigenvalue weighted by atomic mass is 16.5. The Morgan fingerprint density at radius 3 is 2.79 bits per heavy atom. The third-order valence-corrected chi connectivity index (χ3v) is 5.93. The second-order valence-electron chi connectivity index (χ2n) is 7.63. The first-order valence-electron chi connectivity index (χ1n) is 9.76. The second-order valence-corrected chi connectivity index (χ2v) is 7.63. The van der Waals surface area contributed by atoms with Crippen LogP contribution in [-0.4, -0.2) is 71.1 Å². The predicted octanol–water partition coefficient (Wildman–Crippen LogP) is 1.65. The monoisotopic (exact) mass is 382 g/mol. The summed E-state index contributed by atoms with van der Waals surface area (Å²) in [6.07, 6.45) is 5.12. The van der Waals surface area contributed by atoms with Crippen LogP contribution in [0.4, 0.5) is 0 Å². The van der Waals surface area contributed by atoms with Crippen molar-refractivity contribution in [2.75, 3.05) is 39.9 Å². The molecule has 2 aliphatic rings. The number of imidazole rings is 1. The molecule has 0 N–H and O–H groups in total. The van der Waals surface area contributed by atoms with Gasteiger partial charge in [-0.15, -0.1) is 0 Å². The lowest BCUT2D eigenvalue weighted by Gasteiger charge is -2.24. The topological polar surface area (TPSA) is 67.7 Å². The van der Waals surface area contributed by atoms with Crippen molar-refractivity contribution in [1.29, 1.82) is 0 Å². The number of hydrogen-bond acceptors (Lipinski definition) is 4. The predicted molar refractivity (Wildman–Crippen MR) is 104 cm³/mol. The molecule has 3 heterocycles. The third kappa shape index (κ3) is 3.42. The number of methoxy groups -OCH3 is 1. The number of likely N-dealkylation sites (tertiary alicyclic amines) is 2. The third-order valence-electron chi connectivity index (χ3n) is 5.93. The van der Waals surface area contributed by atoms with Crippen molar-refractivity contribution in [2.24, 2.45) is 5.41 Å². The van der Waals surface area contributed by atoms with Gasteiger partial charge < -0.3 is 19.1 Å². The number of aromatic nitrogens is 2. The van der Waals surface area contributed by atoms with Crippen LogP contribution in [0.2, 0.25) is 0 Å². The number of nitrogens with zero attached hydrogens (tertiary/aromatic N) is 4. The first-order valence-corrected chi connectivity index (χ1v) is 9.76. The number of rotatable bonds is 6. The summed E-state index contributed by atoms with van der Waals surface area (Å²) in [6.45, 7) is 3.32. The number of ether oxygens (including phenoxy) is 1. The first kappa shape index (κ1) is 18.7. The lowest BCUT2D eigenvalue weighted by atomic mass is 9.85. The summed E-state index contributed by atoms with van der Waals surface area (Å²) in [7, 11) is 1.64. The minimum absolute atomic E-state index is 0.0372. The Labute approximate surface area is 164 Å². The van der Waals surface area contributed by atoms with Crippen LogP contribution in [-0.2, 0) is 20.9 Å². The Morgan fingerprint density at radius 2 is 2.00 bits per heavy atom. The first-order chi connectivity index (χ1) is 13.6. The molecule has 0 saturated carbocycles. The molecule has 1 spiro atoms. The molecule has 1 aromatic carbocycles. The molecule has 0 aliphatic carbocycles. The largest absolute Gasteiger partial charge is 0.383 e. The zero-order valence-corrected chi connectivity index (χ0v) is 16.2. The van der Waals surface area contributed by atoms with Crippen molar-refractivity contribution in [3.05, 3.63) is 42.7 Å². The van der Waals surface area contributed by atoms with E-state index in [0.717, 1.165) is 30.8 Å². The Bertz CT molecular complexity index is 850. The van der Waals surface area contributed by atoms with Gasteiger partial charge in [-0.2, -0.15) is 0 Å². The van der Waals surface area contributed by atoms with E-state index in [9.17, 15) is 9.59 Å². The van der Waals surface area contributed by atoms with Gasteiger partial charge in [0.2, 0.25) is 11.8 Å². The van der Waals surface area contributed by atoms with E-state index in [1.165, 1.54) is 0 Å². The lowest BCUT2D eigenvalue weighted by molar-refractivity contribution is -0.137. The van der Waals surface area contributed by atoms with Crippen molar-refractivity contribution in [3.63, 3.8) is 0 Å². The zero-order valence-electron chi connectivity index (χ0n) is 16.2. The molecule has 2 saturated heterocycles. The fourth-order valence-electron chi connectivity index (χ4n) is 4.30. The summed E-state index contributed by atoms with van der Waals surface area (Å²) in [5.41, 5.74) is 0.582. The Balaban J connectivity index is 1.41. The van der Waals surface area contributed by atoms with Gasteiger partial charge in [-0.25, -0.2) is 4.98 Å². The molecule has 1 aromatic heterocycles. The van der Waals surface area contributed by atoms with Gasteiger partial charge in [0.25, 0.3) is 0 Å². The van der Waals surface area contributed by atoms with Gasteiger partial charge in [-0.1, -0.05) is 30.3 Å². The van der Waals surface area contributed by atoms with E-state index in [1.54, 1.807) is 13.3 Å². The van der Waals surface area contributed by atoms with Gasteiger partial charge in [0, 0.05) is 51.2 Å². The normalized spacial score (nSPS) is 21.8. The van der Waals surface area contributed by atoms with E-state index in [-0.39, 0.29) is 18.4 Å². The molecule has 2 fully saturated rings. The summed E-state index contributed by atoms with van der Waals surface area (Å²) in [6, 6.07) is 9.85. The van der Waals surface area contributed by atoms with Crippen molar-refractivity contribution in [3.8, 4) is 11.4 Å². The van der Waals surface area contributed by atoms with E-state index < -0.39 is 5.41 Å². The minimum atomic E-state index is -0.402. The highest BCUT2D eigenvalue weighted by molar-refractivity contribution is 5.87. The highest BCUT2D eigenvalue weighted by Gasteiger charge is 2.51. The van der Waals surface area contributed by atoms with Crippen LogP contribution in [0, 0.1) is 5.41 Å². The molecule has 1 atom stereocenters. The van der Waals surface area contributed by atoms with Crippen molar-refractivity contribution < 1.29 is 14.3 Å². The molecule has 7 heteroatoms. The average molecular weight is 382 g/mol. The number of benzene rings is 1. The van der Waals surface area contributed by atoms with Crippen LogP contribution < -0.4 is 0 Å². The Hall–Kier alpha value is -2.67. The van der Waals surface area contributed by atoms with E-state index >= 15 is 0 Å². The SMILES string of the molecule is COCCN1CCC2(CCN(C(=O)Cn3ccnc3-c3ccccc3)C2)C1=O. The Kier molecular flexibility index (Phi) is 5.17. The molecule has 148 valence electrons. The standard InChI is InChI=1S/C21H26N4O3/c1-28-14-13-23-10-7-21(20(23)27)8-11-25(16-21)18(26)15-24-12-9-22-19(24)17-5-3-2-4-6-17/h2-6,9,12H,7-8,10-11,13-16H2,1H3. The quantitative estimate of drug-likeness (QED) is 0.762. The zero-order chi connectivity index (χ0) is 19.6. The molecule has 2 aromatic rings. The van der Waals surface area contributed by atoms with Crippen LogP contribution in [0.15, 0.2) is 42.7 Å². The minimum Gasteiger partial charge on any atom is -0.383 e. The summed E-state index contributed by atoms with van der Waals surface area (Å²) >= 11 is 0. The van der Waals surface area contributed by atoms with Gasteiger partial charge >= 0.3 is 0 Å². The van der Waals surface area contributed by atoms with E-state index in [1.807, 2.05) is 50.9 Å². The van der Waals surface area contributed by atoms with Crippen LogP contribution in [0.1, 0.15) is 12.8 Å². The molecular weight excluding hydrogens is 356 g/mol. The van der Waals surface area contributed by atoms with Crippen molar-refractivity contribution >= 4 is 11.8 Å². The number of carbonyl (C=O) groups excluding carboxylic acids is 2. The summed E-state index contributed by atoms with van der Waals surface area (Å²) in [5.74, 6) is 0.994. The van der Waals surface area contributed by atoms with Crippen molar-refractivity contribution in [1.82, 2.24) is 19.4 Å². The van der Waals surface area contributed by atoms with Gasteiger partial charge in [-0.3, -0.25) is 9.59 Å². The van der Waals surface area contributed by atoms with Gasteiger partial charge in [0.1, 0.15) is 12.4 Å². The summed E-state index contributed by atoms with van der Waals surface area (Å²) in [4.78, 5) is 33.9. The highest BCUT2D eigenvalue weighted by Crippen LogP contribution is 2.40. The fourth-order valence-corrected chi connectivity index (χ4v) is 4.30. The maximum atomic E-state index is 12.9. The fraction of sp³-hybridized carbons (Fsp3) is 0.476. The van der Waals surface area contributed by atoms with Crippen LogP contribution in [0.3, 0.4) is 0 Å². The number of carbonyl (C=O) groups is 2. The molecular formula is C21H26N4O3. The molecule has 28 heavy (non-hydrogen) atoms. The maximum Gasteiger partial charge on any atom is 0.242 e. The molecule has 7 nitrogen and oxygen atoms in total. The summed E-state index contributed by atoms with van der Waals surface area (Å²) in [5, 5.41) is 0. The summed E-state index contributed by atoms with van der Waals surface area (Å²) < 4.78 is 6.98. The maximum absolute atomic E-state index is 12.9. The smallest absolute Gasteiger partial charge is 0.242 e. The molecule has 2 amide bonds. The Morgan fingerprint density at radius 1 is 1.21 bits per heavy atom. The van der Waals surface area contributed by atoms with Crippen LogP contribution in [0.25, 0.3) is 11.4 Å². The van der Waals surface area contributed by atoms with Gasteiger partial charge in [0.05, 0.1) is 12.0 Å². The molecule has 0 radical (unpaired) electrons. The van der Waals surface area contributed by atoms with E-state index in [0.29, 0.717) is 26.2 Å². The number of amides is 2. The van der Waals surface area contributed by atoms with Crippen LogP contribution >= 0.6 is 0 Å². The molecule has 2 aliphatic heterocycles. The molecule has 0 bridgehead atoms. The number of hydrogen-bond donors (Lipinski definition) is 0. The van der Waals surface area contributed by atoms with Gasteiger partial charge in [-0.05, 0) is 12.8 Å².